The fraction of sp³-hybridized carbons (Fsp3) is 0.459. The standard InChI is InChI=1S/C37H43N3O7/c1-24(2)20-27(23-41)40-33-35(44)39(22-25-12-6-3-7-13-25)19-11-5-10-16-30(42)38-21-29(26-14-8-4-9-15-26)46-36(45)31-28-17-18-37(33,47-28)32(31)34(40)43/h3-9,11-15,17-18,24,27-29,31-33,41H,10,16,19-23H2,1-2H3,(H,38,42)/b11-5-/t27-,28+,29+,31-,32-,33+,37-/m1/s1. The Kier molecular flexibility index (Phi) is 9.61. The first-order chi connectivity index (χ1) is 22.7. The van der Waals surface area contributed by atoms with Gasteiger partial charge in [0.25, 0.3) is 0 Å². The Morgan fingerprint density at radius 2 is 1.70 bits per heavy atom. The molecule has 10 heteroatoms. The molecule has 7 atom stereocenters. The van der Waals surface area contributed by atoms with Crippen LogP contribution in [0, 0.1) is 17.8 Å². The third kappa shape index (κ3) is 6.36. The molecule has 10 nitrogen and oxygen atoms in total. The molecule has 2 fully saturated rings. The molecule has 2 saturated heterocycles. The highest BCUT2D eigenvalue weighted by atomic mass is 16.6. The average molecular weight is 642 g/mol. The van der Waals surface area contributed by atoms with Gasteiger partial charge in [0.2, 0.25) is 17.7 Å². The van der Waals surface area contributed by atoms with Crippen LogP contribution in [-0.4, -0.2) is 82.1 Å². The molecule has 248 valence electrons. The van der Waals surface area contributed by atoms with Crippen molar-refractivity contribution < 1.29 is 33.8 Å². The van der Waals surface area contributed by atoms with Crippen LogP contribution in [0.15, 0.2) is 85.0 Å². The number of carbonyl (C=O) groups is 4. The van der Waals surface area contributed by atoms with Crippen LogP contribution in [0.2, 0.25) is 0 Å². The second-order valence-electron chi connectivity index (χ2n) is 13.3. The summed E-state index contributed by atoms with van der Waals surface area (Å²) in [6, 6.07) is 17.0. The number of likely N-dealkylation sites (tertiary alicyclic amines) is 1. The number of allylic oxidation sites excluding steroid dienone is 1. The summed E-state index contributed by atoms with van der Waals surface area (Å²) in [6.45, 7) is 4.23. The Morgan fingerprint density at radius 3 is 2.40 bits per heavy atom. The maximum atomic E-state index is 14.9. The molecule has 5 bridgehead atoms. The molecule has 0 unspecified atom stereocenters. The van der Waals surface area contributed by atoms with E-state index in [0.29, 0.717) is 18.4 Å². The lowest BCUT2D eigenvalue weighted by atomic mass is 9.74. The predicted octanol–water partition coefficient (Wildman–Crippen LogP) is 3.32. The third-order valence-corrected chi connectivity index (χ3v) is 9.64. The number of aliphatic hydroxyl groups is 1. The second-order valence-corrected chi connectivity index (χ2v) is 13.3. The topological polar surface area (TPSA) is 125 Å². The monoisotopic (exact) mass is 641 g/mol. The number of nitrogens with zero attached hydrogens (tertiary/aromatic N) is 2. The molecule has 1 spiro atoms. The van der Waals surface area contributed by atoms with Crippen LogP contribution in [0.5, 0.6) is 0 Å². The molecule has 2 aromatic rings. The third-order valence-electron chi connectivity index (χ3n) is 9.64. The van der Waals surface area contributed by atoms with Gasteiger partial charge in [-0.2, -0.15) is 0 Å². The highest BCUT2D eigenvalue weighted by molar-refractivity contribution is 5.99. The van der Waals surface area contributed by atoms with E-state index in [-0.39, 0.29) is 50.4 Å². The van der Waals surface area contributed by atoms with Gasteiger partial charge in [0.05, 0.1) is 31.2 Å². The van der Waals surface area contributed by atoms with Crippen molar-refractivity contribution in [3.05, 3.63) is 96.1 Å². The smallest absolute Gasteiger partial charge is 0.313 e. The van der Waals surface area contributed by atoms with E-state index >= 15 is 0 Å². The van der Waals surface area contributed by atoms with E-state index in [9.17, 15) is 24.3 Å². The molecule has 47 heavy (non-hydrogen) atoms. The van der Waals surface area contributed by atoms with Gasteiger partial charge in [-0.1, -0.05) is 98.8 Å². The van der Waals surface area contributed by atoms with Gasteiger partial charge >= 0.3 is 5.97 Å². The van der Waals surface area contributed by atoms with Crippen LogP contribution in [0.3, 0.4) is 0 Å². The number of aliphatic hydroxyl groups excluding tert-OH is 1. The number of fused-ring (bicyclic) bond motifs is 2. The Morgan fingerprint density at radius 1 is 0.979 bits per heavy atom. The summed E-state index contributed by atoms with van der Waals surface area (Å²) >= 11 is 0. The van der Waals surface area contributed by atoms with Gasteiger partial charge < -0.3 is 29.7 Å². The van der Waals surface area contributed by atoms with Gasteiger partial charge in [0, 0.05) is 19.5 Å². The minimum Gasteiger partial charge on any atom is -0.455 e. The van der Waals surface area contributed by atoms with Gasteiger partial charge in [0.1, 0.15) is 23.7 Å². The van der Waals surface area contributed by atoms with Crippen molar-refractivity contribution in [2.45, 2.75) is 69.5 Å². The maximum absolute atomic E-state index is 14.9. The molecule has 6 rings (SSSR count). The van der Waals surface area contributed by atoms with Gasteiger partial charge in [-0.05, 0) is 29.9 Å². The van der Waals surface area contributed by atoms with E-state index in [1.165, 1.54) is 4.90 Å². The molecule has 0 aromatic heterocycles. The van der Waals surface area contributed by atoms with E-state index < -0.39 is 53.6 Å². The zero-order chi connectivity index (χ0) is 33.1. The molecule has 0 saturated carbocycles. The second kappa shape index (κ2) is 13.8. The van der Waals surface area contributed by atoms with Crippen LogP contribution in [0.25, 0.3) is 0 Å². The maximum Gasteiger partial charge on any atom is 0.313 e. The molecule has 4 aliphatic rings. The lowest BCUT2D eigenvalue weighted by Crippen LogP contribution is -2.58. The van der Waals surface area contributed by atoms with E-state index in [2.05, 4.69) is 5.32 Å². The lowest BCUT2D eigenvalue weighted by molar-refractivity contribution is -0.160. The van der Waals surface area contributed by atoms with Crippen molar-refractivity contribution in [2.24, 2.45) is 17.8 Å². The first kappa shape index (κ1) is 32.7. The van der Waals surface area contributed by atoms with E-state index in [4.69, 9.17) is 9.47 Å². The van der Waals surface area contributed by atoms with Crippen LogP contribution in [0.4, 0.5) is 0 Å². The number of benzene rings is 2. The van der Waals surface area contributed by atoms with E-state index in [1.807, 2.05) is 86.7 Å². The number of cyclic esters (lactones) is 1. The summed E-state index contributed by atoms with van der Waals surface area (Å²) in [5, 5.41) is 13.5. The fourth-order valence-electron chi connectivity index (χ4n) is 7.52. The Labute approximate surface area is 275 Å². The van der Waals surface area contributed by atoms with Gasteiger partial charge in [-0.3, -0.25) is 19.2 Å². The summed E-state index contributed by atoms with van der Waals surface area (Å²) in [5.41, 5.74) is 0.205. The molecule has 3 amide bonds. The fourth-order valence-corrected chi connectivity index (χ4v) is 7.52. The zero-order valence-corrected chi connectivity index (χ0v) is 26.9. The molecule has 4 heterocycles. The SMILES string of the molecule is CC(C)C[C@H](CO)N1C(=O)[C@H]2[C@@H]3C(=O)O[C@H](c4ccccc4)CNC(=O)CC/C=C\CN(Cc4ccccc4)C(=O)[C@H]1[C@@]21C=C[C@@H]3O1. The summed E-state index contributed by atoms with van der Waals surface area (Å²) in [4.78, 5) is 59.6. The Hall–Kier alpha value is -4.28. The van der Waals surface area contributed by atoms with Crippen molar-refractivity contribution in [2.75, 3.05) is 19.7 Å². The minimum atomic E-state index is -1.41. The first-order valence-corrected chi connectivity index (χ1v) is 16.5. The number of nitrogens with one attached hydrogen (secondary N) is 1. The number of carbonyl (C=O) groups excluding carboxylic acids is 4. The number of hydrogen-bond donors (Lipinski definition) is 2. The van der Waals surface area contributed by atoms with Crippen molar-refractivity contribution >= 4 is 23.7 Å². The van der Waals surface area contributed by atoms with Crippen LogP contribution >= 0.6 is 0 Å². The molecule has 2 aromatic carbocycles. The zero-order valence-electron chi connectivity index (χ0n) is 26.9. The first-order valence-electron chi connectivity index (χ1n) is 16.5. The molecule has 2 N–H and O–H groups in total. The number of hydrogen-bond acceptors (Lipinski definition) is 7. The van der Waals surface area contributed by atoms with Crippen LogP contribution in [-0.2, 0) is 35.2 Å². The van der Waals surface area contributed by atoms with Crippen LogP contribution in [0.1, 0.15) is 50.3 Å². The number of rotatable bonds is 7. The normalized spacial score (nSPS) is 30.8. The van der Waals surface area contributed by atoms with Crippen molar-refractivity contribution in [1.29, 1.82) is 0 Å². The summed E-state index contributed by atoms with van der Waals surface area (Å²) in [7, 11) is 0. The van der Waals surface area contributed by atoms with Gasteiger partial charge in [-0.15, -0.1) is 0 Å². The highest BCUT2D eigenvalue weighted by Gasteiger charge is 2.74. The molecule has 4 aliphatic heterocycles. The highest BCUT2D eigenvalue weighted by Crippen LogP contribution is 2.56. The minimum absolute atomic E-state index is 0.0647. The van der Waals surface area contributed by atoms with Crippen molar-refractivity contribution in [3.8, 4) is 0 Å². The quantitative estimate of drug-likeness (QED) is 0.351. The summed E-state index contributed by atoms with van der Waals surface area (Å²) in [6.07, 6.45) is 6.85. The Bertz CT molecular complexity index is 1530. The largest absolute Gasteiger partial charge is 0.455 e. The van der Waals surface area contributed by atoms with Gasteiger partial charge in [0.15, 0.2) is 0 Å². The molecular formula is C37H43N3O7. The van der Waals surface area contributed by atoms with Crippen molar-refractivity contribution in [1.82, 2.24) is 15.1 Å². The lowest BCUT2D eigenvalue weighted by Gasteiger charge is -2.39. The number of amides is 3. The summed E-state index contributed by atoms with van der Waals surface area (Å²) in [5.74, 6) is -3.46. The van der Waals surface area contributed by atoms with Crippen LogP contribution < -0.4 is 5.32 Å². The predicted molar refractivity (Wildman–Crippen MR) is 173 cm³/mol. The molecule has 0 radical (unpaired) electrons. The number of esters is 1. The number of ether oxygens (including phenoxy) is 2. The molecule has 0 aliphatic carbocycles. The van der Waals surface area contributed by atoms with E-state index in [1.54, 1.807) is 17.1 Å². The summed E-state index contributed by atoms with van der Waals surface area (Å²) < 4.78 is 12.7. The average Bonchev–Trinajstić information content (AvgIpc) is 3.72. The van der Waals surface area contributed by atoms with E-state index in [0.717, 1.165) is 5.56 Å². The van der Waals surface area contributed by atoms with Gasteiger partial charge in [-0.25, -0.2) is 0 Å². The Balaban J connectivity index is 1.43. The molecular weight excluding hydrogens is 598 g/mol. The van der Waals surface area contributed by atoms with Crippen molar-refractivity contribution in [3.63, 3.8) is 0 Å².